The van der Waals surface area contributed by atoms with E-state index in [-0.39, 0.29) is 0 Å². The second-order valence-electron chi connectivity index (χ2n) is 6.54. The van der Waals surface area contributed by atoms with Crippen LogP contribution in [0.15, 0.2) is 97.1 Å². The summed E-state index contributed by atoms with van der Waals surface area (Å²) < 4.78 is 2.30. The van der Waals surface area contributed by atoms with Crippen molar-refractivity contribution in [1.29, 1.82) is 0 Å². The minimum absolute atomic E-state index is 0.779. The molecule has 2 heteroatoms. The topological polar surface area (TPSA) is 4.93 Å². The average Bonchev–Trinajstić information content (AvgIpc) is 3.03. The molecule has 4 aromatic carbocycles. The van der Waals surface area contributed by atoms with E-state index >= 15 is 0 Å². The average molecular weight is 329 g/mol. The number of hydrogen-bond acceptors (Lipinski definition) is 0. The standard InChI is InChI=1S/C24H16BN/c25-19-11-13-20(14-12-19)26-23-9-5-4-8-21(23)22-16-18(10-15-24(22)26)17-6-2-1-3-7-17/h1-16H. The Hall–Kier alpha value is -3.26. The Morgan fingerprint density at radius 3 is 2.04 bits per heavy atom. The van der Waals surface area contributed by atoms with Gasteiger partial charge >= 0.3 is 0 Å². The lowest BCUT2D eigenvalue weighted by molar-refractivity contribution is 1.18. The molecular weight excluding hydrogens is 313 g/mol. The molecule has 1 nitrogen and oxygen atoms in total. The molecule has 0 unspecified atom stereocenters. The van der Waals surface area contributed by atoms with E-state index in [0.717, 1.165) is 11.2 Å². The second kappa shape index (κ2) is 5.92. The highest BCUT2D eigenvalue weighted by atomic mass is 15.0. The van der Waals surface area contributed by atoms with E-state index in [2.05, 4.69) is 89.5 Å². The third-order valence-electron chi connectivity index (χ3n) is 4.93. The van der Waals surface area contributed by atoms with Gasteiger partial charge in [-0.05, 0) is 41.5 Å². The minimum Gasteiger partial charge on any atom is -0.309 e. The highest BCUT2D eigenvalue weighted by molar-refractivity contribution is 6.32. The van der Waals surface area contributed by atoms with Gasteiger partial charge in [-0.25, -0.2) is 0 Å². The van der Waals surface area contributed by atoms with Crippen molar-refractivity contribution in [3.8, 4) is 16.8 Å². The SMILES string of the molecule is [B]c1ccc(-n2c3ccccc3c3cc(-c4ccccc4)ccc32)cc1. The van der Waals surface area contributed by atoms with Crippen LogP contribution in [-0.2, 0) is 0 Å². The zero-order valence-corrected chi connectivity index (χ0v) is 14.3. The van der Waals surface area contributed by atoms with E-state index in [1.54, 1.807) is 0 Å². The van der Waals surface area contributed by atoms with Gasteiger partial charge in [-0.2, -0.15) is 0 Å². The number of nitrogens with zero attached hydrogens (tertiary/aromatic N) is 1. The lowest BCUT2D eigenvalue weighted by Crippen LogP contribution is -2.02. The molecule has 26 heavy (non-hydrogen) atoms. The van der Waals surface area contributed by atoms with Crippen molar-refractivity contribution in [3.05, 3.63) is 97.1 Å². The molecule has 0 spiro atoms. The monoisotopic (exact) mass is 329 g/mol. The van der Waals surface area contributed by atoms with Crippen LogP contribution in [0.3, 0.4) is 0 Å². The molecule has 0 N–H and O–H groups in total. The van der Waals surface area contributed by atoms with Crippen LogP contribution in [-0.4, -0.2) is 12.4 Å². The summed E-state index contributed by atoms with van der Waals surface area (Å²) in [5, 5.41) is 2.52. The zero-order valence-electron chi connectivity index (χ0n) is 14.3. The Bertz CT molecular complexity index is 1220. The first kappa shape index (κ1) is 15.0. The fourth-order valence-electron chi connectivity index (χ4n) is 3.68. The van der Waals surface area contributed by atoms with Crippen LogP contribution < -0.4 is 5.46 Å². The van der Waals surface area contributed by atoms with E-state index < -0.39 is 0 Å². The molecule has 5 aromatic rings. The molecule has 1 aromatic heterocycles. The zero-order chi connectivity index (χ0) is 17.5. The summed E-state index contributed by atoms with van der Waals surface area (Å²) in [6.45, 7) is 0. The third-order valence-corrected chi connectivity index (χ3v) is 4.93. The maximum absolute atomic E-state index is 5.88. The Labute approximate surface area is 153 Å². The summed E-state index contributed by atoms with van der Waals surface area (Å²) in [6.07, 6.45) is 0. The van der Waals surface area contributed by atoms with Crippen LogP contribution in [0.25, 0.3) is 38.6 Å². The molecule has 0 bridgehead atoms. The number of aromatic nitrogens is 1. The molecule has 5 rings (SSSR count). The highest BCUT2D eigenvalue weighted by Crippen LogP contribution is 2.34. The normalized spacial score (nSPS) is 11.2. The summed E-state index contributed by atoms with van der Waals surface area (Å²) in [4.78, 5) is 0. The maximum Gasteiger partial charge on any atom is 0.113 e. The predicted molar refractivity (Wildman–Crippen MR) is 112 cm³/mol. The number of rotatable bonds is 2. The summed E-state index contributed by atoms with van der Waals surface area (Å²) in [7, 11) is 5.88. The van der Waals surface area contributed by atoms with Crippen LogP contribution in [0, 0.1) is 0 Å². The molecule has 0 aliphatic carbocycles. The van der Waals surface area contributed by atoms with Crippen LogP contribution in [0.5, 0.6) is 0 Å². The molecule has 0 aliphatic heterocycles. The smallest absolute Gasteiger partial charge is 0.113 e. The van der Waals surface area contributed by atoms with Crippen molar-refractivity contribution in [2.45, 2.75) is 0 Å². The van der Waals surface area contributed by atoms with Crippen LogP contribution in [0.2, 0.25) is 0 Å². The van der Waals surface area contributed by atoms with Crippen molar-refractivity contribution in [2.75, 3.05) is 0 Å². The third kappa shape index (κ3) is 2.34. The first-order valence-electron chi connectivity index (χ1n) is 8.76. The molecule has 0 saturated carbocycles. The molecule has 120 valence electrons. The number of fused-ring (bicyclic) bond motifs is 3. The Morgan fingerprint density at radius 2 is 1.23 bits per heavy atom. The van der Waals surface area contributed by atoms with Gasteiger partial charge in [0.05, 0.1) is 11.0 Å². The number of para-hydroxylation sites is 1. The molecule has 0 atom stereocenters. The fraction of sp³-hybridized carbons (Fsp3) is 0. The molecule has 1 heterocycles. The van der Waals surface area contributed by atoms with Gasteiger partial charge in [0.15, 0.2) is 0 Å². The van der Waals surface area contributed by atoms with Crippen molar-refractivity contribution in [3.63, 3.8) is 0 Å². The van der Waals surface area contributed by atoms with Crippen LogP contribution in [0.4, 0.5) is 0 Å². The van der Waals surface area contributed by atoms with E-state index in [1.807, 2.05) is 12.1 Å². The van der Waals surface area contributed by atoms with E-state index in [4.69, 9.17) is 7.85 Å². The summed E-state index contributed by atoms with van der Waals surface area (Å²) in [5.74, 6) is 0. The minimum atomic E-state index is 0.779. The predicted octanol–water partition coefficient (Wildman–Crippen LogP) is 5.24. The van der Waals surface area contributed by atoms with E-state index in [1.165, 1.54) is 32.9 Å². The molecule has 0 amide bonds. The lowest BCUT2D eigenvalue weighted by atomic mass is 9.96. The molecule has 0 aliphatic rings. The van der Waals surface area contributed by atoms with Crippen LogP contribution in [0.1, 0.15) is 0 Å². The number of hydrogen-bond donors (Lipinski definition) is 0. The Morgan fingerprint density at radius 1 is 0.538 bits per heavy atom. The highest BCUT2D eigenvalue weighted by Gasteiger charge is 2.12. The van der Waals surface area contributed by atoms with Gasteiger partial charge in [0.1, 0.15) is 7.85 Å². The van der Waals surface area contributed by atoms with Crippen molar-refractivity contribution >= 4 is 35.1 Å². The summed E-state index contributed by atoms with van der Waals surface area (Å²) in [5.41, 5.74) is 6.78. The maximum atomic E-state index is 5.88. The van der Waals surface area contributed by atoms with Crippen molar-refractivity contribution in [2.24, 2.45) is 0 Å². The van der Waals surface area contributed by atoms with Gasteiger partial charge in [-0.3, -0.25) is 0 Å². The number of benzene rings is 4. The van der Waals surface area contributed by atoms with E-state index in [9.17, 15) is 0 Å². The van der Waals surface area contributed by atoms with Crippen molar-refractivity contribution in [1.82, 2.24) is 4.57 Å². The molecule has 0 saturated heterocycles. The van der Waals surface area contributed by atoms with Gasteiger partial charge in [0, 0.05) is 16.5 Å². The second-order valence-corrected chi connectivity index (χ2v) is 6.54. The van der Waals surface area contributed by atoms with Gasteiger partial charge in [0.2, 0.25) is 0 Å². The molecular formula is C24H16BN. The van der Waals surface area contributed by atoms with Gasteiger partial charge in [-0.1, -0.05) is 72.2 Å². The Kier molecular flexibility index (Phi) is 3.43. The largest absolute Gasteiger partial charge is 0.309 e. The first-order valence-corrected chi connectivity index (χ1v) is 8.76. The lowest BCUT2D eigenvalue weighted by Gasteiger charge is -2.09. The fourth-order valence-corrected chi connectivity index (χ4v) is 3.68. The van der Waals surface area contributed by atoms with Gasteiger partial charge < -0.3 is 4.57 Å². The summed E-state index contributed by atoms with van der Waals surface area (Å²) in [6, 6.07) is 33.8. The molecule has 2 radical (unpaired) electrons. The summed E-state index contributed by atoms with van der Waals surface area (Å²) >= 11 is 0. The van der Waals surface area contributed by atoms with Crippen molar-refractivity contribution < 1.29 is 0 Å². The quantitative estimate of drug-likeness (QED) is 0.390. The van der Waals surface area contributed by atoms with Gasteiger partial charge in [-0.15, -0.1) is 0 Å². The Balaban J connectivity index is 1.83. The van der Waals surface area contributed by atoms with E-state index in [0.29, 0.717) is 0 Å². The first-order chi connectivity index (χ1) is 12.8. The molecule has 0 fully saturated rings. The van der Waals surface area contributed by atoms with Gasteiger partial charge in [0.25, 0.3) is 0 Å². The van der Waals surface area contributed by atoms with Crippen LogP contribution >= 0.6 is 0 Å².